The lowest BCUT2D eigenvalue weighted by Gasteiger charge is -2.16. The highest BCUT2D eigenvalue weighted by Gasteiger charge is 2.03. The first-order chi connectivity index (χ1) is 9.13. The van der Waals surface area contributed by atoms with Gasteiger partial charge in [-0.1, -0.05) is 0 Å². The van der Waals surface area contributed by atoms with Crippen molar-refractivity contribution >= 4 is 33.0 Å². The van der Waals surface area contributed by atoms with Crippen molar-refractivity contribution in [2.45, 2.75) is 6.54 Å². The van der Waals surface area contributed by atoms with Crippen LogP contribution in [0.25, 0.3) is 0 Å². The molecule has 1 heterocycles. The summed E-state index contributed by atoms with van der Waals surface area (Å²) in [6.45, 7) is 2.50. The molecule has 1 aromatic heterocycles. The monoisotopic (exact) mass is 340 g/mol. The van der Waals surface area contributed by atoms with E-state index in [9.17, 15) is 0 Å². The molecule has 0 unspecified atom stereocenters. The van der Waals surface area contributed by atoms with E-state index in [0.717, 1.165) is 24.5 Å². The third kappa shape index (κ3) is 4.86. The first-order valence-electron chi connectivity index (χ1n) is 6.03. The number of likely N-dealkylation sites (N-methyl/N-ethyl adjacent to an activating group) is 1. The van der Waals surface area contributed by atoms with Gasteiger partial charge in [-0.25, -0.2) is 0 Å². The maximum absolute atomic E-state index is 5.67. The van der Waals surface area contributed by atoms with E-state index in [1.165, 1.54) is 9.35 Å². The normalized spacial score (nSPS) is 10.9. The average Bonchev–Trinajstić information content (AvgIpc) is 2.77. The van der Waals surface area contributed by atoms with Gasteiger partial charge in [-0.05, 0) is 64.3 Å². The predicted octanol–water partition coefficient (Wildman–Crippen LogP) is 3.60. The van der Waals surface area contributed by atoms with Crippen molar-refractivity contribution in [2.75, 3.05) is 25.9 Å². The fraction of sp³-hybridized carbons (Fsp3) is 0.286. The molecule has 0 bridgehead atoms. The molecule has 0 aliphatic rings. The topological polar surface area (TPSA) is 38.5 Å². The molecular formula is C14H17BrN2OS. The number of nitrogens with two attached hydrogens (primary N) is 1. The van der Waals surface area contributed by atoms with Crippen LogP contribution in [0.2, 0.25) is 0 Å². The van der Waals surface area contributed by atoms with Crippen LogP contribution in [0.15, 0.2) is 39.5 Å². The lowest BCUT2D eigenvalue weighted by molar-refractivity contribution is 0.233. The molecule has 0 amide bonds. The van der Waals surface area contributed by atoms with Crippen LogP contribution in [0.5, 0.6) is 5.75 Å². The van der Waals surface area contributed by atoms with Crippen LogP contribution >= 0.6 is 27.3 Å². The first kappa shape index (κ1) is 14.4. The van der Waals surface area contributed by atoms with Crippen LogP contribution in [0.1, 0.15) is 5.56 Å². The summed E-state index contributed by atoms with van der Waals surface area (Å²) in [5.74, 6) is 0.862. The Labute approximate surface area is 126 Å². The Morgan fingerprint density at radius 2 is 2.05 bits per heavy atom. The van der Waals surface area contributed by atoms with Gasteiger partial charge in [0.25, 0.3) is 0 Å². The Morgan fingerprint density at radius 3 is 2.68 bits per heavy atom. The van der Waals surface area contributed by atoms with Gasteiger partial charge in [-0.3, -0.25) is 4.90 Å². The first-order valence-corrected chi connectivity index (χ1v) is 7.70. The van der Waals surface area contributed by atoms with Gasteiger partial charge in [-0.15, -0.1) is 11.3 Å². The van der Waals surface area contributed by atoms with Gasteiger partial charge in [0.05, 0.1) is 3.79 Å². The smallest absolute Gasteiger partial charge is 0.119 e. The zero-order chi connectivity index (χ0) is 13.7. The maximum atomic E-state index is 5.67. The fourth-order valence-corrected chi connectivity index (χ4v) is 2.90. The molecule has 102 valence electrons. The Bertz CT molecular complexity index is 512. The van der Waals surface area contributed by atoms with Crippen molar-refractivity contribution in [1.29, 1.82) is 0 Å². The molecule has 0 radical (unpaired) electrons. The van der Waals surface area contributed by atoms with E-state index in [1.807, 2.05) is 24.3 Å². The van der Waals surface area contributed by atoms with Crippen LogP contribution in [-0.2, 0) is 6.54 Å². The van der Waals surface area contributed by atoms with E-state index in [2.05, 4.69) is 39.3 Å². The molecule has 0 spiro atoms. The molecule has 1 aromatic carbocycles. The summed E-state index contributed by atoms with van der Waals surface area (Å²) >= 11 is 5.19. The molecule has 0 atom stereocenters. The van der Waals surface area contributed by atoms with E-state index in [4.69, 9.17) is 10.5 Å². The number of thiophene rings is 1. The SMILES string of the molecule is CN(CCOc1ccc(N)cc1)Cc1csc(Br)c1. The summed E-state index contributed by atoms with van der Waals surface area (Å²) in [7, 11) is 2.10. The molecule has 3 nitrogen and oxygen atoms in total. The molecule has 2 aromatic rings. The zero-order valence-corrected chi connectivity index (χ0v) is 13.2. The van der Waals surface area contributed by atoms with Gasteiger partial charge in [0.15, 0.2) is 0 Å². The molecule has 0 saturated carbocycles. The highest BCUT2D eigenvalue weighted by atomic mass is 79.9. The average molecular weight is 341 g/mol. The summed E-state index contributed by atoms with van der Waals surface area (Å²) < 4.78 is 6.85. The quantitative estimate of drug-likeness (QED) is 0.816. The Kier molecular flexibility index (Phi) is 5.24. The number of rotatable bonds is 6. The lowest BCUT2D eigenvalue weighted by atomic mass is 10.3. The van der Waals surface area contributed by atoms with Crippen molar-refractivity contribution in [2.24, 2.45) is 0 Å². The zero-order valence-electron chi connectivity index (χ0n) is 10.8. The van der Waals surface area contributed by atoms with Crippen molar-refractivity contribution < 1.29 is 4.74 Å². The van der Waals surface area contributed by atoms with Crippen LogP contribution in [0.4, 0.5) is 5.69 Å². The maximum Gasteiger partial charge on any atom is 0.119 e. The Balaban J connectivity index is 1.71. The minimum absolute atomic E-state index is 0.672. The van der Waals surface area contributed by atoms with Gasteiger partial charge in [0.2, 0.25) is 0 Å². The number of hydrogen-bond donors (Lipinski definition) is 1. The summed E-state index contributed by atoms with van der Waals surface area (Å²) in [6.07, 6.45) is 0. The summed E-state index contributed by atoms with van der Waals surface area (Å²) in [5, 5.41) is 2.17. The second kappa shape index (κ2) is 6.93. The van der Waals surface area contributed by atoms with Crippen molar-refractivity contribution in [3.63, 3.8) is 0 Å². The second-order valence-electron chi connectivity index (χ2n) is 4.41. The van der Waals surface area contributed by atoms with Crippen LogP contribution in [0, 0.1) is 0 Å². The minimum atomic E-state index is 0.672. The number of hydrogen-bond acceptors (Lipinski definition) is 4. The summed E-state index contributed by atoms with van der Waals surface area (Å²) in [4.78, 5) is 2.24. The summed E-state index contributed by atoms with van der Waals surface area (Å²) in [5.41, 5.74) is 7.71. The van der Waals surface area contributed by atoms with Crippen LogP contribution in [0.3, 0.4) is 0 Å². The van der Waals surface area contributed by atoms with Gasteiger partial charge >= 0.3 is 0 Å². The number of nitrogen functional groups attached to an aromatic ring is 1. The van der Waals surface area contributed by atoms with Gasteiger partial charge in [0.1, 0.15) is 12.4 Å². The molecule has 0 aliphatic carbocycles. The fourth-order valence-electron chi connectivity index (χ4n) is 1.70. The summed E-state index contributed by atoms with van der Waals surface area (Å²) in [6, 6.07) is 9.64. The van der Waals surface area contributed by atoms with E-state index in [0.29, 0.717) is 6.61 Å². The van der Waals surface area contributed by atoms with Crippen molar-refractivity contribution in [1.82, 2.24) is 4.90 Å². The molecular weight excluding hydrogens is 324 g/mol. The van der Waals surface area contributed by atoms with Crippen LogP contribution in [-0.4, -0.2) is 25.1 Å². The Morgan fingerprint density at radius 1 is 1.32 bits per heavy atom. The molecule has 5 heteroatoms. The lowest BCUT2D eigenvalue weighted by Crippen LogP contribution is -2.23. The molecule has 19 heavy (non-hydrogen) atoms. The molecule has 0 fully saturated rings. The number of nitrogens with zero attached hydrogens (tertiary/aromatic N) is 1. The van der Waals surface area contributed by atoms with Gasteiger partial charge < -0.3 is 10.5 Å². The highest BCUT2D eigenvalue weighted by Crippen LogP contribution is 2.21. The molecule has 2 rings (SSSR count). The predicted molar refractivity (Wildman–Crippen MR) is 84.7 cm³/mol. The third-order valence-electron chi connectivity index (χ3n) is 2.70. The minimum Gasteiger partial charge on any atom is -0.492 e. The number of halogens is 1. The van der Waals surface area contributed by atoms with Crippen molar-refractivity contribution in [3.8, 4) is 5.75 Å². The van der Waals surface area contributed by atoms with Crippen molar-refractivity contribution in [3.05, 3.63) is 45.1 Å². The van der Waals surface area contributed by atoms with Gasteiger partial charge in [-0.2, -0.15) is 0 Å². The van der Waals surface area contributed by atoms with Crippen LogP contribution < -0.4 is 10.5 Å². The van der Waals surface area contributed by atoms with E-state index in [-0.39, 0.29) is 0 Å². The van der Waals surface area contributed by atoms with Gasteiger partial charge in [0, 0.05) is 18.8 Å². The molecule has 0 aliphatic heterocycles. The van der Waals surface area contributed by atoms with E-state index in [1.54, 1.807) is 11.3 Å². The number of ether oxygens (including phenoxy) is 1. The molecule has 0 saturated heterocycles. The van der Waals surface area contributed by atoms with E-state index < -0.39 is 0 Å². The number of benzene rings is 1. The third-order valence-corrected chi connectivity index (χ3v) is 4.25. The Hall–Kier alpha value is -1.04. The largest absolute Gasteiger partial charge is 0.492 e. The van der Waals surface area contributed by atoms with E-state index >= 15 is 0 Å². The second-order valence-corrected chi connectivity index (χ2v) is 6.70. The molecule has 2 N–H and O–H groups in total. The number of anilines is 1. The standard InChI is InChI=1S/C14H17BrN2OS/c1-17(9-11-8-14(15)19-10-11)6-7-18-13-4-2-12(16)3-5-13/h2-5,8,10H,6-7,9,16H2,1H3. The highest BCUT2D eigenvalue weighted by molar-refractivity contribution is 9.11.